The van der Waals surface area contributed by atoms with E-state index in [9.17, 15) is 14.4 Å². The fourth-order valence-electron chi connectivity index (χ4n) is 4.31. The van der Waals surface area contributed by atoms with E-state index in [0.29, 0.717) is 6.42 Å². The molecule has 2 aromatic carbocycles. The van der Waals surface area contributed by atoms with Gasteiger partial charge in [-0.25, -0.2) is 0 Å². The van der Waals surface area contributed by atoms with E-state index in [1.54, 1.807) is 4.90 Å². The first kappa shape index (κ1) is 23.7. The van der Waals surface area contributed by atoms with Crippen molar-refractivity contribution in [1.29, 1.82) is 0 Å². The number of para-hydroxylation sites is 1. The molecule has 2 atom stereocenters. The predicted octanol–water partition coefficient (Wildman–Crippen LogP) is 5.29. The maximum absolute atomic E-state index is 13.2. The van der Waals surface area contributed by atoms with E-state index in [1.807, 2.05) is 79.9 Å². The predicted molar refractivity (Wildman–Crippen MR) is 134 cm³/mol. The van der Waals surface area contributed by atoms with E-state index in [-0.39, 0.29) is 24.8 Å². The lowest BCUT2D eigenvalue weighted by atomic mass is 9.87. The van der Waals surface area contributed by atoms with E-state index < -0.39 is 17.9 Å². The number of ether oxygens (including phenoxy) is 1. The third-order valence-electron chi connectivity index (χ3n) is 6.06. The highest BCUT2D eigenvalue weighted by atomic mass is 32.1. The minimum atomic E-state index is -0.562. The summed E-state index contributed by atoms with van der Waals surface area (Å²) in [6, 6.07) is 18.6. The summed E-state index contributed by atoms with van der Waals surface area (Å²) in [6.45, 7) is 3.63. The molecular formula is C27H28N2O4S. The van der Waals surface area contributed by atoms with Crippen LogP contribution < -0.4 is 10.2 Å². The second-order valence-electron chi connectivity index (χ2n) is 8.37. The molecule has 176 valence electrons. The van der Waals surface area contributed by atoms with Gasteiger partial charge in [0.2, 0.25) is 5.91 Å². The number of aryl methyl sites for hydroxylation is 2. The maximum atomic E-state index is 13.2. The van der Waals surface area contributed by atoms with Crippen molar-refractivity contribution < 1.29 is 19.1 Å². The highest BCUT2D eigenvalue weighted by Gasteiger charge is 2.43. The summed E-state index contributed by atoms with van der Waals surface area (Å²) in [5.41, 5.74) is 3.57. The Morgan fingerprint density at radius 1 is 1.09 bits per heavy atom. The first-order valence-corrected chi connectivity index (χ1v) is 12.3. The number of benzene rings is 2. The van der Waals surface area contributed by atoms with E-state index in [4.69, 9.17) is 4.74 Å². The Hall–Kier alpha value is -3.45. The van der Waals surface area contributed by atoms with Crippen molar-refractivity contribution in [2.45, 2.75) is 39.2 Å². The number of anilines is 2. The van der Waals surface area contributed by atoms with Crippen LogP contribution in [0.25, 0.3) is 0 Å². The number of piperidine rings is 1. The lowest BCUT2D eigenvalue weighted by molar-refractivity contribution is -0.153. The molecule has 0 bridgehead atoms. The van der Waals surface area contributed by atoms with Crippen LogP contribution in [0.4, 0.5) is 11.4 Å². The van der Waals surface area contributed by atoms with Crippen LogP contribution in [0.3, 0.4) is 0 Å². The monoisotopic (exact) mass is 476 g/mol. The van der Waals surface area contributed by atoms with Crippen LogP contribution in [-0.4, -0.2) is 24.4 Å². The molecule has 0 radical (unpaired) electrons. The Kier molecular flexibility index (Phi) is 7.43. The second kappa shape index (κ2) is 10.7. The number of carbonyl (C=O) groups is 3. The molecule has 1 aliphatic rings. The van der Waals surface area contributed by atoms with Crippen molar-refractivity contribution >= 4 is 40.5 Å². The number of rotatable bonds is 7. The van der Waals surface area contributed by atoms with Gasteiger partial charge >= 0.3 is 5.97 Å². The van der Waals surface area contributed by atoms with E-state index in [1.165, 1.54) is 11.3 Å². The zero-order valence-electron chi connectivity index (χ0n) is 19.3. The molecule has 6 nitrogen and oxygen atoms in total. The van der Waals surface area contributed by atoms with Crippen molar-refractivity contribution in [1.82, 2.24) is 0 Å². The van der Waals surface area contributed by atoms with Crippen LogP contribution in [0.2, 0.25) is 0 Å². The van der Waals surface area contributed by atoms with Crippen molar-refractivity contribution in [2.75, 3.05) is 16.8 Å². The zero-order chi connectivity index (χ0) is 24.1. The molecule has 34 heavy (non-hydrogen) atoms. The number of amides is 2. The van der Waals surface area contributed by atoms with Crippen LogP contribution in [0.5, 0.6) is 0 Å². The van der Waals surface area contributed by atoms with Gasteiger partial charge in [-0.15, -0.1) is 11.3 Å². The SMILES string of the molecule is CCc1ccccc1NC(=O)COC(=O)C1CCC(=O)N(c2ccc(C)cc2)C1c1cccs1. The smallest absolute Gasteiger partial charge is 0.311 e. The zero-order valence-corrected chi connectivity index (χ0v) is 20.1. The Morgan fingerprint density at radius 2 is 1.85 bits per heavy atom. The Labute approximate surface area is 203 Å². The topological polar surface area (TPSA) is 75.7 Å². The quantitative estimate of drug-likeness (QED) is 0.471. The van der Waals surface area contributed by atoms with Gasteiger partial charge in [0.05, 0.1) is 12.0 Å². The molecule has 1 saturated heterocycles. The molecule has 0 spiro atoms. The summed E-state index contributed by atoms with van der Waals surface area (Å²) >= 11 is 1.50. The fraction of sp³-hybridized carbons (Fsp3) is 0.296. The van der Waals surface area contributed by atoms with Gasteiger partial charge in [-0.3, -0.25) is 14.4 Å². The van der Waals surface area contributed by atoms with E-state index in [2.05, 4.69) is 5.32 Å². The van der Waals surface area contributed by atoms with Gasteiger partial charge in [-0.05, 0) is 55.0 Å². The Balaban J connectivity index is 1.51. The van der Waals surface area contributed by atoms with Crippen LogP contribution in [0, 0.1) is 12.8 Å². The molecule has 0 saturated carbocycles. The fourth-order valence-corrected chi connectivity index (χ4v) is 5.20. The van der Waals surface area contributed by atoms with Gasteiger partial charge in [0, 0.05) is 22.7 Å². The molecule has 2 amide bonds. The minimum Gasteiger partial charge on any atom is -0.455 e. The molecular weight excluding hydrogens is 448 g/mol. The molecule has 2 heterocycles. The molecule has 3 aromatic rings. The van der Waals surface area contributed by atoms with Crippen LogP contribution >= 0.6 is 11.3 Å². The summed E-state index contributed by atoms with van der Waals surface area (Å²) in [5, 5.41) is 4.76. The molecule has 1 aromatic heterocycles. The lowest BCUT2D eigenvalue weighted by Crippen LogP contribution is -2.46. The van der Waals surface area contributed by atoms with Crippen LogP contribution in [-0.2, 0) is 25.5 Å². The molecule has 2 unspecified atom stereocenters. The molecule has 1 fully saturated rings. The first-order valence-electron chi connectivity index (χ1n) is 11.4. The minimum absolute atomic E-state index is 0.0276. The highest BCUT2D eigenvalue weighted by molar-refractivity contribution is 7.10. The standard InChI is InChI=1S/C27H28N2O4S/c1-3-19-7-4-5-8-22(19)28-24(30)17-33-27(32)21-14-15-25(31)29(20-12-10-18(2)11-13-20)26(21)23-9-6-16-34-23/h4-13,16,21,26H,3,14-15,17H2,1-2H3,(H,28,30). The summed E-state index contributed by atoms with van der Waals surface area (Å²) in [5.74, 6) is -1.44. The van der Waals surface area contributed by atoms with Gasteiger partial charge in [0.1, 0.15) is 0 Å². The number of hydrogen-bond acceptors (Lipinski definition) is 5. The maximum Gasteiger partial charge on any atom is 0.311 e. The third kappa shape index (κ3) is 5.20. The average molecular weight is 477 g/mol. The van der Waals surface area contributed by atoms with Crippen molar-refractivity contribution in [3.8, 4) is 0 Å². The number of hydrogen-bond donors (Lipinski definition) is 1. The molecule has 1 aliphatic heterocycles. The lowest BCUT2D eigenvalue weighted by Gasteiger charge is -2.39. The third-order valence-corrected chi connectivity index (χ3v) is 7.01. The normalized spacial score (nSPS) is 17.9. The largest absolute Gasteiger partial charge is 0.455 e. The number of esters is 1. The Morgan fingerprint density at radius 3 is 2.56 bits per heavy atom. The molecule has 4 rings (SSSR count). The van der Waals surface area contributed by atoms with Gasteiger partial charge in [0.25, 0.3) is 5.91 Å². The second-order valence-corrected chi connectivity index (χ2v) is 9.35. The van der Waals surface area contributed by atoms with Gasteiger partial charge in [0.15, 0.2) is 6.61 Å². The van der Waals surface area contributed by atoms with E-state index >= 15 is 0 Å². The summed E-state index contributed by atoms with van der Waals surface area (Å²) in [6.07, 6.45) is 1.40. The van der Waals surface area contributed by atoms with Gasteiger partial charge < -0.3 is 15.0 Å². The van der Waals surface area contributed by atoms with Crippen molar-refractivity contribution in [3.63, 3.8) is 0 Å². The van der Waals surface area contributed by atoms with Crippen LogP contribution in [0.1, 0.15) is 41.8 Å². The number of nitrogens with zero attached hydrogens (tertiary/aromatic N) is 1. The summed E-state index contributed by atoms with van der Waals surface area (Å²) < 4.78 is 5.47. The highest BCUT2D eigenvalue weighted by Crippen LogP contribution is 2.42. The molecule has 0 aliphatic carbocycles. The first-order chi connectivity index (χ1) is 16.5. The number of thiophene rings is 1. The Bertz CT molecular complexity index is 1160. The summed E-state index contributed by atoms with van der Waals surface area (Å²) in [7, 11) is 0. The average Bonchev–Trinajstić information content (AvgIpc) is 3.38. The van der Waals surface area contributed by atoms with Crippen molar-refractivity contribution in [3.05, 3.63) is 82.0 Å². The van der Waals surface area contributed by atoms with E-state index in [0.717, 1.165) is 33.8 Å². The summed E-state index contributed by atoms with van der Waals surface area (Å²) in [4.78, 5) is 41.3. The van der Waals surface area contributed by atoms with Crippen LogP contribution in [0.15, 0.2) is 66.0 Å². The molecule has 1 N–H and O–H groups in total. The van der Waals surface area contributed by atoms with Crippen molar-refractivity contribution in [2.24, 2.45) is 5.92 Å². The molecule has 7 heteroatoms. The van der Waals surface area contributed by atoms with Gasteiger partial charge in [-0.2, -0.15) is 0 Å². The number of nitrogens with one attached hydrogen (secondary N) is 1. The van der Waals surface area contributed by atoms with Gasteiger partial charge in [-0.1, -0.05) is 48.9 Å². The number of carbonyl (C=O) groups excluding carboxylic acids is 3.